The van der Waals surface area contributed by atoms with Crippen LogP contribution in [0.25, 0.3) is 0 Å². The fraction of sp³-hybridized carbons (Fsp3) is 0.850. The summed E-state index contributed by atoms with van der Waals surface area (Å²) in [5.74, 6) is 5.05. The van der Waals surface area contributed by atoms with E-state index in [1.807, 2.05) is 14.0 Å². The normalized spacial score (nSPS) is 16.9. The van der Waals surface area contributed by atoms with Gasteiger partial charge in [0.2, 0.25) is 18.2 Å². The molecule has 0 saturated carbocycles. The van der Waals surface area contributed by atoms with Crippen LogP contribution in [0.4, 0.5) is 0 Å². The van der Waals surface area contributed by atoms with Crippen LogP contribution < -0.4 is 5.84 Å². The van der Waals surface area contributed by atoms with Gasteiger partial charge in [0, 0.05) is 26.2 Å². The van der Waals surface area contributed by atoms with Crippen LogP contribution >= 0.6 is 0 Å². The zero-order chi connectivity index (χ0) is 21.8. The van der Waals surface area contributed by atoms with Crippen LogP contribution in [0.1, 0.15) is 58.8 Å². The van der Waals surface area contributed by atoms with Crippen molar-refractivity contribution in [1.29, 1.82) is 0 Å². The van der Waals surface area contributed by atoms with Crippen LogP contribution in [0.15, 0.2) is 0 Å². The molecule has 2 atom stereocenters. The lowest BCUT2D eigenvalue weighted by Crippen LogP contribution is -2.59. The Morgan fingerprint density at radius 1 is 1.07 bits per heavy atom. The largest absolute Gasteiger partial charge is 0.338 e. The third-order valence-electron chi connectivity index (χ3n) is 5.56. The highest BCUT2D eigenvalue weighted by Crippen LogP contribution is 2.18. The highest BCUT2D eigenvalue weighted by atomic mass is 16.5. The van der Waals surface area contributed by atoms with Crippen molar-refractivity contribution < 1.29 is 19.6 Å². The van der Waals surface area contributed by atoms with Crippen molar-refractivity contribution in [2.45, 2.75) is 64.8 Å². The van der Waals surface area contributed by atoms with Gasteiger partial charge in [0.05, 0.1) is 12.5 Å². The Kier molecular flexibility index (Phi) is 11.8. The second-order valence-electron chi connectivity index (χ2n) is 7.95. The van der Waals surface area contributed by atoms with Gasteiger partial charge in [0.25, 0.3) is 0 Å². The molecule has 1 aliphatic rings. The van der Waals surface area contributed by atoms with E-state index in [1.165, 1.54) is 0 Å². The number of likely N-dealkylation sites (N-methyl/N-ethyl adjacent to an activating group) is 1. The topological polar surface area (TPSA) is 110 Å². The first-order chi connectivity index (χ1) is 13.8. The molecule has 9 nitrogen and oxygen atoms in total. The Morgan fingerprint density at radius 3 is 2.24 bits per heavy atom. The number of hydroxylamine groups is 2. The number of amides is 3. The molecule has 1 saturated heterocycles. The first-order valence-electron chi connectivity index (χ1n) is 10.8. The van der Waals surface area contributed by atoms with Crippen LogP contribution in [-0.4, -0.2) is 89.1 Å². The fourth-order valence-electron chi connectivity index (χ4n) is 3.58. The number of nitrogens with two attached hydrogens (primary N) is 1. The minimum absolute atomic E-state index is 0.119. The molecule has 9 heteroatoms. The maximum Gasteiger partial charge on any atom is 0.247 e. The number of nitrogens with zero attached hydrogens (tertiary/aromatic N) is 4. The molecule has 1 unspecified atom stereocenters. The van der Waals surface area contributed by atoms with Crippen molar-refractivity contribution in [3.05, 3.63) is 0 Å². The van der Waals surface area contributed by atoms with Gasteiger partial charge >= 0.3 is 0 Å². The summed E-state index contributed by atoms with van der Waals surface area (Å²) in [4.78, 5) is 41.0. The maximum atomic E-state index is 13.1. The lowest BCUT2D eigenvalue weighted by atomic mass is 9.98. The van der Waals surface area contributed by atoms with E-state index in [0.29, 0.717) is 31.0 Å². The van der Waals surface area contributed by atoms with Crippen molar-refractivity contribution in [2.75, 3.05) is 39.8 Å². The van der Waals surface area contributed by atoms with Crippen molar-refractivity contribution in [1.82, 2.24) is 19.9 Å². The molecule has 0 bridgehead atoms. The van der Waals surface area contributed by atoms with E-state index in [2.05, 4.69) is 11.8 Å². The molecule has 0 aromatic heterocycles. The van der Waals surface area contributed by atoms with Crippen LogP contribution in [0, 0.1) is 5.92 Å². The van der Waals surface area contributed by atoms with E-state index in [-0.39, 0.29) is 18.9 Å². The van der Waals surface area contributed by atoms with Crippen molar-refractivity contribution in [3.8, 4) is 0 Å². The summed E-state index contributed by atoms with van der Waals surface area (Å²) in [7, 11) is 2.02. The molecule has 1 aliphatic heterocycles. The molecule has 1 rings (SSSR count). The summed E-state index contributed by atoms with van der Waals surface area (Å²) in [6, 6.07) is -0.720. The van der Waals surface area contributed by atoms with E-state index in [9.17, 15) is 19.6 Å². The molecule has 0 radical (unpaired) electrons. The van der Waals surface area contributed by atoms with Gasteiger partial charge in [-0.1, -0.05) is 46.0 Å². The quantitative estimate of drug-likeness (QED) is 0.117. The van der Waals surface area contributed by atoms with Crippen molar-refractivity contribution in [3.63, 3.8) is 0 Å². The predicted molar refractivity (Wildman–Crippen MR) is 111 cm³/mol. The second kappa shape index (κ2) is 13.5. The Morgan fingerprint density at radius 2 is 1.69 bits per heavy atom. The molecule has 29 heavy (non-hydrogen) atoms. The molecule has 1 fully saturated rings. The number of hydrogen-bond donors (Lipinski definition) is 2. The number of carbonyl (C=O) groups excluding carboxylic acids is 3. The molecule has 0 aliphatic carbocycles. The third kappa shape index (κ3) is 8.28. The Balaban J connectivity index is 2.91. The summed E-state index contributed by atoms with van der Waals surface area (Å²) in [6.45, 7) is 6.80. The van der Waals surface area contributed by atoms with E-state index >= 15 is 0 Å². The van der Waals surface area contributed by atoms with E-state index in [1.54, 1.807) is 4.90 Å². The minimum atomic E-state index is -0.720. The lowest BCUT2D eigenvalue weighted by molar-refractivity contribution is -0.160. The van der Waals surface area contributed by atoms with Crippen molar-refractivity contribution in [2.24, 2.45) is 11.8 Å². The second-order valence-corrected chi connectivity index (χ2v) is 7.95. The molecule has 1 heterocycles. The van der Waals surface area contributed by atoms with Gasteiger partial charge in [-0.05, 0) is 19.9 Å². The van der Waals surface area contributed by atoms with Gasteiger partial charge in [-0.15, -0.1) is 0 Å². The molecule has 3 N–H and O–H groups in total. The lowest BCUT2D eigenvalue weighted by Gasteiger charge is -2.37. The zero-order valence-corrected chi connectivity index (χ0v) is 18.3. The number of rotatable bonds is 13. The summed E-state index contributed by atoms with van der Waals surface area (Å²) in [6.07, 6.45) is 5.70. The van der Waals surface area contributed by atoms with E-state index < -0.39 is 17.9 Å². The minimum Gasteiger partial charge on any atom is -0.338 e. The molecular formula is C20H39N5O4. The summed E-state index contributed by atoms with van der Waals surface area (Å²) < 4.78 is 0. The SMILES string of the molecule is CCCCCC(CN(O)C=O)C(=O)N(N)[C@H](CCCC)C(=O)N1CCN(C)CC1. The van der Waals surface area contributed by atoms with Crippen LogP contribution in [0.3, 0.4) is 0 Å². The van der Waals surface area contributed by atoms with Crippen LogP contribution in [0.5, 0.6) is 0 Å². The molecule has 0 spiro atoms. The van der Waals surface area contributed by atoms with Gasteiger partial charge in [-0.3, -0.25) is 24.6 Å². The number of hydrazine groups is 1. The fourth-order valence-corrected chi connectivity index (χ4v) is 3.58. The molecule has 168 valence electrons. The van der Waals surface area contributed by atoms with Crippen LogP contribution in [0.2, 0.25) is 0 Å². The highest BCUT2D eigenvalue weighted by Gasteiger charge is 2.35. The molecule has 0 aromatic rings. The number of carbonyl (C=O) groups is 3. The first-order valence-corrected chi connectivity index (χ1v) is 10.8. The Labute approximate surface area is 174 Å². The van der Waals surface area contributed by atoms with Gasteiger partial charge < -0.3 is 9.80 Å². The third-order valence-corrected chi connectivity index (χ3v) is 5.56. The zero-order valence-electron chi connectivity index (χ0n) is 18.3. The first kappa shape index (κ1) is 25.3. The number of unbranched alkanes of at least 4 members (excludes halogenated alkanes) is 3. The maximum absolute atomic E-state index is 13.1. The summed E-state index contributed by atoms with van der Waals surface area (Å²) in [5.41, 5.74) is 0. The Bertz CT molecular complexity index is 511. The summed E-state index contributed by atoms with van der Waals surface area (Å²) in [5, 5.41) is 11.1. The van der Waals surface area contributed by atoms with Gasteiger partial charge in [-0.25, -0.2) is 10.9 Å². The highest BCUT2D eigenvalue weighted by molar-refractivity contribution is 5.88. The van der Waals surface area contributed by atoms with E-state index in [0.717, 1.165) is 50.2 Å². The van der Waals surface area contributed by atoms with Crippen molar-refractivity contribution >= 4 is 18.2 Å². The van der Waals surface area contributed by atoms with Gasteiger partial charge in [-0.2, -0.15) is 0 Å². The monoisotopic (exact) mass is 413 g/mol. The Hall–Kier alpha value is -1.71. The average Bonchev–Trinajstić information content (AvgIpc) is 2.72. The average molecular weight is 414 g/mol. The predicted octanol–water partition coefficient (Wildman–Crippen LogP) is 1.07. The van der Waals surface area contributed by atoms with Crippen LogP contribution in [-0.2, 0) is 14.4 Å². The molecular weight excluding hydrogens is 374 g/mol. The van der Waals surface area contributed by atoms with Gasteiger partial charge in [0.1, 0.15) is 6.04 Å². The van der Waals surface area contributed by atoms with E-state index in [4.69, 9.17) is 5.84 Å². The van der Waals surface area contributed by atoms with Gasteiger partial charge in [0.15, 0.2) is 0 Å². The number of piperazine rings is 1. The standard InChI is InChI=1S/C20H39N5O4/c1-4-6-8-9-17(15-24(29)16-26)19(27)25(21)18(10-7-5-2)20(28)23-13-11-22(3)12-14-23/h16-18,29H,4-15,21H2,1-3H3/t17?,18-/m1/s1. The molecule has 0 aromatic carbocycles. The summed E-state index contributed by atoms with van der Waals surface area (Å²) >= 11 is 0. The smallest absolute Gasteiger partial charge is 0.247 e. The molecule has 3 amide bonds. The number of hydrogen-bond acceptors (Lipinski definition) is 6.